The molecule has 0 spiro atoms. The quantitative estimate of drug-likeness (QED) is 0.790. The molecule has 2 rings (SSSR count). The number of hydrogen-bond donors (Lipinski definition) is 1. The minimum atomic E-state index is -0.0770. The van der Waals surface area contributed by atoms with Gasteiger partial charge in [0, 0.05) is 20.2 Å². The van der Waals surface area contributed by atoms with E-state index in [0.29, 0.717) is 24.6 Å². The lowest BCUT2D eigenvalue weighted by Crippen LogP contribution is -2.30. The second-order valence-electron chi connectivity index (χ2n) is 3.85. The maximum absolute atomic E-state index is 12.0. The van der Waals surface area contributed by atoms with E-state index in [1.54, 1.807) is 30.2 Å². The van der Waals surface area contributed by atoms with Crippen LogP contribution in [0, 0.1) is 0 Å². The van der Waals surface area contributed by atoms with Crippen LogP contribution in [0.1, 0.15) is 16.9 Å². The van der Waals surface area contributed by atoms with Crippen molar-refractivity contribution < 1.29 is 9.53 Å². The van der Waals surface area contributed by atoms with Crippen LogP contribution in [0.3, 0.4) is 0 Å². The largest absolute Gasteiger partial charge is 0.384 e. The summed E-state index contributed by atoms with van der Waals surface area (Å²) in [5.74, 6) is 0.292. The minimum absolute atomic E-state index is 0.0770. The molecule has 0 radical (unpaired) electrons. The van der Waals surface area contributed by atoms with Gasteiger partial charge in [-0.2, -0.15) is 0 Å². The van der Waals surface area contributed by atoms with Crippen LogP contribution in [0.15, 0.2) is 18.2 Å². The van der Waals surface area contributed by atoms with Crippen molar-refractivity contribution in [1.29, 1.82) is 0 Å². The SMILES string of the molecule is COC1CCN(C(=O)c2cccc(N)n2)C1. The van der Waals surface area contributed by atoms with E-state index in [1.807, 2.05) is 0 Å². The minimum Gasteiger partial charge on any atom is -0.384 e. The van der Waals surface area contributed by atoms with Crippen molar-refractivity contribution in [1.82, 2.24) is 9.88 Å². The van der Waals surface area contributed by atoms with Gasteiger partial charge >= 0.3 is 0 Å². The number of nitrogen functional groups attached to an aromatic ring is 1. The molecule has 86 valence electrons. The van der Waals surface area contributed by atoms with Crippen molar-refractivity contribution in [2.45, 2.75) is 12.5 Å². The summed E-state index contributed by atoms with van der Waals surface area (Å²) in [5, 5.41) is 0. The molecule has 1 fully saturated rings. The highest BCUT2D eigenvalue weighted by molar-refractivity contribution is 5.92. The Bertz CT molecular complexity index is 395. The standard InChI is InChI=1S/C11H15N3O2/c1-16-8-5-6-14(7-8)11(15)9-3-2-4-10(12)13-9/h2-4,8H,5-7H2,1H3,(H2,12,13). The number of anilines is 1. The molecule has 5 nitrogen and oxygen atoms in total. The molecule has 2 N–H and O–H groups in total. The van der Waals surface area contributed by atoms with Crippen LogP contribution in [-0.2, 0) is 4.74 Å². The third kappa shape index (κ3) is 2.14. The predicted octanol–water partition coefficient (Wildman–Crippen LogP) is 0.525. The summed E-state index contributed by atoms with van der Waals surface area (Å²) in [6.07, 6.45) is 1.02. The topological polar surface area (TPSA) is 68.5 Å². The van der Waals surface area contributed by atoms with Crippen LogP contribution in [0.25, 0.3) is 0 Å². The third-order valence-corrected chi connectivity index (χ3v) is 2.76. The fourth-order valence-corrected chi connectivity index (χ4v) is 1.84. The maximum atomic E-state index is 12.0. The molecule has 0 aliphatic carbocycles. The Kier molecular flexibility index (Phi) is 3.05. The zero-order valence-corrected chi connectivity index (χ0v) is 9.22. The van der Waals surface area contributed by atoms with Crippen LogP contribution in [0.4, 0.5) is 5.82 Å². The number of rotatable bonds is 2. The zero-order chi connectivity index (χ0) is 11.5. The van der Waals surface area contributed by atoms with Gasteiger partial charge < -0.3 is 15.4 Å². The van der Waals surface area contributed by atoms with Gasteiger partial charge in [0.15, 0.2) is 0 Å². The van der Waals surface area contributed by atoms with Gasteiger partial charge in [0.05, 0.1) is 6.10 Å². The molecule has 1 aromatic rings. The maximum Gasteiger partial charge on any atom is 0.272 e. The molecule has 1 unspecified atom stereocenters. The van der Waals surface area contributed by atoms with E-state index in [9.17, 15) is 4.79 Å². The molecule has 5 heteroatoms. The van der Waals surface area contributed by atoms with Crippen LogP contribution in [0.2, 0.25) is 0 Å². The Hall–Kier alpha value is -1.62. The first-order chi connectivity index (χ1) is 7.70. The van der Waals surface area contributed by atoms with E-state index in [0.717, 1.165) is 6.42 Å². The van der Waals surface area contributed by atoms with Crippen molar-refractivity contribution in [3.8, 4) is 0 Å². The zero-order valence-electron chi connectivity index (χ0n) is 9.22. The van der Waals surface area contributed by atoms with E-state index in [2.05, 4.69) is 4.98 Å². The first kappa shape index (κ1) is 10.9. The number of ether oxygens (including phenoxy) is 1. The first-order valence-corrected chi connectivity index (χ1v) is 5.25. The Morgan fingerprint density at radius 3 is 3.06 bits per heavy atom. The summed E-state index contributed by atoms with van der Waals surface area (Å²) in [7, 11) is 1.66. The van der Waals surface area contributed by atoms with Crippen LogP contribution >= 0.6 is 0 Å². The van der Waals surface area contributed by atoms with Gasteiger partial charge in [0.2, 0.25) is 0 Å². The lowest BCUT2D eigenvalue weighted by atomic mass is 10.3. The van der Waals surface area contributed by atoms with E-state index in [4.69, 9.17) is 10.5 Å². The number of nitrogens with zero attached hydrogens (tertiary/aromatic N) is 2. The average molecular weight is 221 g/mol. The summed E-state index contributed by atoms with van der Waals surface area (Å²) in [6, 6.07) is 5.08. The molecule has 0 saturated carbocycles. The number of aromatic nitrogens is 1. The summed E-state index contributed by atoms with van der Waals surface area (Å²) < 4.78 is 5.21. The van der Waals surface area contributed by atoms with Crippen molar-refractivity contribution in [2.24, 2.45) is 0 Å². The number of carbonyl (C=O) groups excluding carboxylic acids is 1. The smallest absolute Gasteiger partial charge is 0.272 e. The Morgan fingerprint density at radius 1 is 1.62 bits per heavy atom. The van der Waals surface area contributed by atoms with E-state index in [1.165, 1.54) is 0 Å². The predicted molar refractivity (Wildman–Crippen MR) is 60.0 cm³/mol. The lowest BCUT2D eigenvalue weighted by Gasteiger charge is -2.15. The highest BCUT2D eigenvalue weighted by Crippen LogP contribution is 2.14. The molecular formula is C11H15N3O2. The second kappa shape index (κ2) is 4.49. The van der Waals surface area contributed by atoms with E-state index in [-0.39, 0.29) is 12.0 Å². The number of pyridine rings is 1. The first-order valence-electron chi connectivity index (χ1n) is 5.25. The third-order valence-electron chi connectivity index (χ3n) is 2.76. The van der Waals surface area contributed by atoms with Gasteiger partial charge in [-0.05, 0) is 18.6 Å². The Labute approximate surface area is 94.2 Å². The summed E-state index contributed by atoms with van der Waals surface area (Å²) in [5.41, 5.74) is 5.94. The number of nitrogens with two attached hydrogens (primary N) is 1. The molecule has 1 amide bonds. The molecule has 1 saturated heterocycles. The van der Waals surface area contributed by atoms with Gasteiger partial charge in [-0.3, -0.25) is 4.79 Å². The fraction of sp³-hybridized carbons (Fsp3) is 0.455. The summed E-state index contributed by atoms with van der Waals surface area (Å²) in [6.45, 7) is 1.35. The monoisotopic (exact) mass is 221 g/mol. The number of methoxy groups -OCH3 is 1. The molecule has 1 aliphatic heterocycles. The van der Waals surface area contributed by atoms with Crippen LogP contribution in [-0.4, -0.2) is 42.1 Å². The molecule has 2 heterocycles. The Balaban J connectivity index is 2.08. The number of amides is 1. The molecule has 1 aromatic heterocycles. The normalized spacial score (nSPS) is 20.1. The lowest BCUT2D eigenvalue weighted by molar-refractivity contribution is 0.0719. The van der Waals surface area contributed by atoms with Gasteiger partial charge in [-0.1, -0.05) is 6.07 Å². The van der Waals surface area contributed by atoms with Crippen molar-refractivity contribution in [3.05, 3.63) is 23.9 Å². The van der Waals surface area contributed by atoms with Crippen LogP contribution in [0.5, 0.6) is 0 Å². The van der Waals surface area contributed by atoms with Gasteiger partial charge in [0.1, 0.15) is 11.5 Å². The fourth-order valence-electron chi connectivity index (χ4n) is 1.84. The summed E-state index contributed by atoms with van der Waals surface area (Å²) in [4.78, 5) is 17.8. The summed E-state index contributed by atoms with van der Waals surface area (Å²) >= 11 is 0. The molecule has 1 aliphatic rings. The van der Waals surface area contributed by atoms with Crippen LogP contribution < -0.4 is 5.73 Å². The van der Waals surface area contributed by atoms with Gasteiger partial charge in [-0.25, -0.2) is 4.98 Å². The van der Waals surface area contributed by atoms with Crippen molar-refractivity contribution in [3.63, 3.8) is 0 Å². The van der Waals surface area contributed by atoms with Crippen molar-refractivity contribution >= 4 is 11.7 Å². The second-order valence-corrected chi connectivity index (χ2v) is 3.85. The molecule has 1 atom stereocenters. The van der Waals surface area contributed by atoms with E-state index >= 15 is 0 Å². The highest BCUT2D eigenvalue weighted by Gasteiger charge is 2.27. The number of hydrogen-bond acceptors (Lipinski definition) is 4. The van der Waals surface area contributed by atoms with Gasteiger partial charge in [-0.15, -0.1) is 0 Å². The molecule has 0 aromatic carbocycles. The van der Waals surface area contributed by atoms with Crippen molar-refractivity contribution in [2.75, 3.05) is 25.9 Å². The van der Waals surface area contributed by atoms with Gasteiger partial charge in [0.25, 0.3) is 5.91 Å². The Morgan fingerprint density at radius 2 is 2.44 bits per heavy atom. The highest BCUT2D eigenvalue weighted by atomic mass is 16.5. The molecule has 16 heavy (non-hydrogen) atoms. The molecular weight excluding hydrogens is 206 g/mol. The number of carbonyl (C=O) groups is 1. The molecule has 0 bridgehead atoms. The number of likely N-dealkylation sites (tertiary alicyclic amines) is 1. The average Bonchev–Trinajstić information content (AvgIpc) is 2.76. The van der Waals surface area contributed by atoms with E-state index < -0.39 is 0 Å².